The third kappa shape index (κ3) is 3.44. The van der Waals surface area contributed by atoms with Crippen LogP contribution in [0.25, 0.3) is 0 Å². The molecule has 0 aromatic heterocycles. The SMILES string of the molecule is CN(CCNCC1CCCO1)C1CCC1. The first-order chi connectivity index (χ1) is 7.36. The Morgan fingerprint density at radius 2 is 2.13 bits per heavy atom. The quantitative estimate of drug-likeness (QED) is 0.670. The van der Waals surface area contributed by atoms with Gasteiger partial charge in [0.25, 0.3) is 0 Å². The summed E-state index contributed by atoms with van der Waals surface area (Å²) in [5.74, 6) is 0. The minimum absolute atomic E-state index is 0.485. The Morgan fingerprint density at radius 1 is 1.27 bits per heavy atom. The lowest BCUT2D eigenvalue weighted by Gasteiger charge is -2.34. The van der Waals surface area contributed by atoms with Crippen molar-refractivity contribution in [1.29, 1.82) is 0 Å². The number of hydrogen-bond acceptors (Lipinski definition) is 3. The molecule has 3 heteroatoms. The van der Waals surface area contributed by atoms with Gasteiger partial charge in [0.2, 0.25) is 0 Å². The molecular formula is C12H24N2O. The van der Waals surface area contributed by atoms with Crippen LogP contribution in [0.3, 0.4) is 0 Å². The van der Waals surface area contributed by atoms with Gasteiger partial charge in [-0.05, 0) is 32.7 Å². The van der Waals surface area contributed by atoms with Crippen LogP contribution < -0.4 is 5.32 Å². The molecule has 0 amide bonds. The Kier molecular flexibility index (Phi) is 4.42. The van der Waals surface area contributed by atoms with Gasteiger partial charge in [0.1, 0.15) is 0 Å². The molecule has 1 saturated heterocycles. The number of ether oxygens (including phenoxy) is 1. The average molecular weight is 212 g/mol. The van der Waals surface area contributed by atoms with E-state index in [4.69, 9.17) is 4.74 Å². The molecule has 2 fully saturated rings. The van der Waals surface area contributed by atoms with Crippen molar-refractivity contribution >= 4 is 0 Å². The lowest BCUT2D eigenvalue weighted by atomic mass is 9.92. The van der Waals surface area contributed by atoms with E-state index in [1.807, 2.05) is 0 Å². The zero-order chi connectivity index (χ0) is 10.5. The molecule has 1 atom stereocenters. The van der Waals surface area contributed by atoms with Gasteiger partial charge in [-0.1, -0.05) is 6.42 Å². The average Bonchev–Trinajstić information content (AvgIpc) is 2.62. The summed E-state index contributed by atoms with van der Waals surface area (Å²) in [4.78, 5) is 2.49. The summed E-state index contributed by atoms with van der Waals surface area (Å²) in [6, 6.07) is 0.870. The van der Waals surface area contributed by atoms with E-state index in [0.29, 0.717) is 6.10 Å². The fourth-order valence-corrected chi connectivity index (χ4v) is 2.33. The van der Waals surface area contributed by atoms with Gasteiger partial charge in [0.15, 0.2) is 0 Å². The van der Waals surface area contributed by atoms with E-state index in [1.165, 1.54) is 38.6 Å². The molecule has 0 radical (unpaired) electrons. The largest absolute Gasteiger partial charge is 0.377 e. The Balaban J connectivity index is 1.47. The van der Waals surface area contributed by atoms with Gasteiger partial charge in [-0.25, -0.2) is 0 Å². The van der Waals surface area contributed by atoms with E-state index in [2.05, 4.69) is 17.3 Å². The van der Waals surface area contributed by atoms with Crippen LogP contribution >= 0.6 is 0 Å². The van der Waals surface area contributed by atoms with Crippen LogP contribution in [-0.2, 0) is 4.74 Å². The summed E-state index contributed by atoms with van der Waals surface area (Å²) >= 11 is 0. The highest BCUT2D eigenvalue weighted by Gasteiger charge is 2.21. The number of nitrogens with one attached hydrogen (secondary N) is 1. The second-order valence-electron chi connectivity index (χ2n) is 4.90. The molecule has 2 aliphatic rings. The van der Waals surface area contributed by atoms with E-state index in [1.54, 1.807) is 0 Å². The Hall–Kier alpha value is -0.120. The van der Waals surface area contributed by atoms with Crippen molar-refractivity contribution in [3.63, 3.8) is 0 Å². The molecule has 3 nitrogen and oxygen atoms in total. The molecule has 1 aliphatic heterocycles. The van der Waals surface area contributed by atoms with Crippen LogP contribution in [0.1, 0.15) is 32.1 Å². The maximum atomic E-state index is 5.56. The van der Waals surface area contributed by atoms with Gasteiger partial charge in [0.05, 0.1) is 6.10 Å². The Morgan fingerprint density at radius 3 is 2.73 bits per heavy atom. The van der Waals surface area contributed by atoms with Crippen LogP contribution in [-0.4, -0.2) is 50.3 Å². The van der Waals surface area contributed by atoms with Crippen molar-refractivity contribution in [3.8, 4) is 0 Å². The molecule has 1 unspecified atom stereocenters. The van der Waals surface area contributed by atoms with Crippen molar-refractivity contribution < 1.29 is 4.74 Å². The maximum Gasteiger partial charge on any atom is 0.0700 e. The lowest BCUT2D eigenvalue weighted by Crippen LogP contribution is -2.41. The monoisotopic (exact) mass is 212 g/mol. The van der Waals surface area contributed by atoms with E-state index in [0.717, 1.165) is 25.7 Å². The van der Waals surface area contributed by atoms with Crippen LogP contribution in [0, 0.1) is 0 Å². The second kappa shape index (κ2) is 5.83. The minimum atomic E-state index is 0.485. The summed E-state index contributed by atoms with van der Waals surface area (Å²) in [6.45, 7) is 4.29. The molecule has 1 saturated carbocycles. The standard InChI is InChI=1S/C12H24N2O/c1-14(11-4-2-5-11)8-7-13-10-12-6-3-9-15-12/h11-13H,2-10H2,1H3. The van der Waals surface area contributed by atoms with E-state index in [-0.39, 0.29) is 0 Å². The highest BCUT2D eigenvalue weighted by Crippen LogP contribution is 2.22. The highest BCUT2D eigenvalue weighted by molar-refractivity contribution is 4.78. The summed E-state index contributed by atoms with van der Waals surface area (Å²) < 4.78 is 5.56. The summed E-state index contributed by atoms with van der Waals surface area (Å²) in [5, 5.41) is 3.49. The molecule has 0 aromatic rings. The number of hydrogen-bond donors (Lipinski definition) is 1. The third-order valence-electron chi connectivity index (χ3n) is 3.74. The molecule has 0 bridgehead atoms. The summed E-state index contributed by atoms with van der Waals surface area (Å²) in [5.41, 5.74) is 0. The number of nitrogens with zero attached hydrogens (tertiary/aromatic N) is 1. The van der Waals surface area contributed by atoms with Crippen molar-refractivity contribution in [2.75, 3.05) is 33.3 Å². The molecule has 88 valence electrons. The van der Waals surface area contributed by atoms with Gasteiger partial charge in [-0.2, -0.15) is 0 Å². The lowest BCUT2D eigenvalue weighted by molar-refractivity contribution is 0.107. The summed E-state index contributed by atoms with van der Waals surface area (Å²) in [7, 11) is 2.25. The first-order valence-electron chi connectivity index (χ1n) is 6.39. The molecule has 1 aliphatic carbocycles. The number of rotatable bonds is 6. The van der Waals surface area contributed by atoms with Crippen molar-refractivity contribution in [2.45, 2.75) is 44.2 Å². The van der Waals surface area contributed by atoms with Gasteiger partial charge >= 0.3 is 0 Å². The predicted octanol–water partition coefficient (Wildman–Crippen LogP) is 1.24. The summed E-state index contributed by atoms with van der Waals surface area (Å²) in [6.07, 6.45) is 7.21. The first kappa shape index (κ1) is 11.4. The Labute approximate surface area is 93.2 Å². The Bertz CT molecular complexity index is 176. The van der Waals surface area contributed by atoms with E-state index in [9.17, 15) is 0 Å². The van der Waals surface area contributed by atoms with Gasteiger partial charge in [-0.15, -0.1) is 0 Å². The van der Waals surface area contributed by atoms with Crippen LogP contribution in [0.15, 0.2) is 0 Å². The van der Waals surface area contributed by atoms with Gasteiger partial charge in [0, 0.05) is 32.3 Å². The van der Waals surface area contributed by atoms with Gasteiger partial charge in [-0.3, -0.25) is 0 Å². The van der Waals surface area contributed by atoms with Crippen molar-refractivity contribution in [2.24, 2.45) is 0 Å². The minimum Gasteiger partial charge on any atom is -0.377 e. The topological polar surface area (TPSA) is 24.5 Å². The van der Waals surface area contributed by atoms with Crippen molar-refractivity contribution in [3.05, 3.63) is 0 Å². The molecular weight excluding hydrogens is 188 g/mol. The molecule has 2 rings (SSSR count). The van der Waals surface area contributed by atoms with E-state index >= 15 is 0 Å². The van der Waals surface area contributed by atoms with E-state index < -0.39 is 0 Å². The molecule has 0 spiro atoms. The van der Waals surface area contributed by atoms with Crippen LogP contribution in [0.4, 0.5) is 0 Å². The zero-order valence-corrected chi connectivity index (χ0v) is 9.87. The van der Waals surface area contributed by atoms with Crippen LogP contribution in [0.5, 0.6) is 0 Å². The normalized spacial score (nSPS) is 27.2. The molecule has 0 aromatic carbocycles. The fraction of sp³-hybridized carbons (Fsp3) is 1.00. The number of likely N-dealkylation sites (N-methyl/N-ethyl adjacent to an activating group) is 1. The van der Waals surface area contributed by atoms with Gasteiger partial charge < -0.3 is 15.0 Å². The molecule has 15 heavy (non-hydrogen) atoms. The fourth-order valence-electron chi connectivity index (χ4n) is 2.33. The molecule has 1 N–H and O–H groups in total. The maximum absolute atomic E-state index is 5.56. The predicted molar refractivity (Wildman–Crippen MR) is 62.1 cm³/mol. The van der Waals surface area contributed by atoms with Crippen molar-refractivity contribution in [1.82, 2.24) is 10.2 Å². The smallest absolute Gasteiger partial charge is 0.0700 e. The van der Waals surface area contributed by atoms with Crippen LogP contribution in [0.2, 0.25) is 0 Å². The first-order valence-corrected chi connectivity index (χ1v) is 6.39. The third-order valence-corrected chi connectivity index (χ3v) is 3.74. The second-order valence-corrected chi connectivity index (χ2v) is 4.90. The zero-order valence-electron chi connectivity index (χ0n) is 9.87. The highest BCUT2D eigenvalue weighted by atomic mass is 16.5. The molecule has 1 heterocycles.